The predicted octanol–water partition coefficient (Wildman–Crippen LogP) is -1.22. The molecule has 122 valence electrons. The fourth-order valence-electron chi connectivity index (χ4n) is 4.97. The quantitative estimate of drug-likeness (QED) is 0.442. The van der Waals surface area contributed by atoms with E-state index < -0.39 is 71.7 Å². The lowest BCUT2D eigenvalue weighted by Crippen LogP contribution is -2.52. The second-order valence-corrected chi connectivity index (χ2v) is 6.98. The Labute approximate surface area is 135 Å². The van der Waals surface area contributed by atoms with Crippen LogP contribution in [0.4, 0.5) is 0 Å². The van der Waals surface area contributed by atoms with Gasteiger partial charge in [-0.3, -0.25) is 19.2 Å². The van der Waals surface area contributed by atoms with Crippen molar-refractivity contribution in [1.29, 1.82) is 0 Å². The van der Waals surface area contributed by atoms with Crippen LogP contribution in [0.5, 0.6) is 0 Å². The number of nitrogens with zero attached hydrogens (tertiary/aromatic N) is 2. The van der Waals surface area contributed by atoms with Crippen molar-refractivity contribution in [3.63, 3.8) is 0 Å². The van der Waals surface area contributed by atoms with Crippen LogP contribution in [0.3, 0.4) is 0 Å². The zero-order chi connectivity index (χ0) is 16.3. The van der Waals surface area contributed by atoms with Gasteiger partial charge in [-0.1, -0.05) is 24.3 Å². The maximum absolute atomic E-state index is 12.8. The third kappa shape index (κ3) is 1.20. The average molecular weight is 328 g/mol. The fourth-order valence-corrected chi connectivity index (χ4v) is 4.97. The highest BCUT2D eigenvalue weighted by Gasteiger charge is 2.68. The van der Waals surface area contributed by atoms with E-state index in [1.54, 1.807) is 24.3 Å². The number of carbonyl (C=O) groups excluding carboxylic acids is 4. The molecular formula is C16H12N2O6. The maximum atomic E-state index is 12.8. The van der Waals surface area contributed by atoms with Crippen LogP contribution in [0.2, 0.25) is 0 Å². The maximum Gasteiger partial charge on any atom is 0.255 e. The topological polar surface area (TPSA) is 93.2 Å². The van der Waals surface area contributed by atoms with Gasteiger partial charge >= 0.3 is 0 Å². The molecule has 6 heterocycles. The largest absolute Gasteiger partial charge is 0.365 e. The molecule has 0 spiro atoms. The fraction of sp³-hybridized carbons (Fsp3) is 0.500. The van der Waals surface area contributed by atoms with Crippen molar-refractivity contribution < 1.29 is 28.7 Å². The molecule has 4 fully saturated rings. The number of rotatable bonds is 1. The SMILES string of the molecule is O=C1[C@@H]2C3C=CC(O3)[C@@H]2C(=O)N1N1C(=O)[C@@H]2C3C=CC(O3)[C@@H]2C1=O. The number of imide groups is 2. The summed E-state index contributed by atoms with van der Waals surface area (Å²) in [6.45, 7) is 0. The summed E-state index contributed by atoms with van der Waals surface area (Å²) in [4.78, 5) is 51.0. The molecule has 6 aliphatic heterocycles. The Bertz CT molecular complexity index is 676. The minimum absolute atomic E-state index is 0.449. The van der Waals surface area contributed by atoms with Gasteiger partial charge < -0.3 is 9.47 Å². The smallest absolute Gasteiger partial charge is 0.255 e. The first-order valence-electron chi connectivity index (χ1n) is 8.01. The van der Waals surface area contributed by atoms with E-state index in [1.165, 1.54) is 0 Å². The van der Waals surface area contributed by atoms with E-state index >= 15 is 0 Å². The zero-order valence-corrected chi connectivity index (χ0v) is 12.3. The van der Waals surface area contributed by atoms with Crippen LogP contribution in [0, 0.1) is 23.7 Å². The zero-order valence-electron chi connectivity index (χ0n) is 12.3. The minimum atomic E-state index is -0.639. The third-order valence-corrected chi connectivity index (χ3v) is 5.97. The molecule has 0 aromatic carbocycles. The number of ether oxygens (including phenoxy) is 2. The van der Waals surface area contributed by atoms with Crippen molar-refractivity contribution in [2.75, 3.05) is 0 Å². The molecule has 0 aromatic heterocycles. The Balaban J connectivity index is 1.39. The van der Waals surface area contributed by atoms with Crippen LogP contribution in [0.1, 0.15) is 0 Å². The van der Waals surface area contributed by atoms with Gasteiger partial charge in [-0.15, -0.1) is 0 Å². The van der Waals surface area contributed by atoms with Gasteiger partial charge in [0.25, 0.3) is 23.6 Å². The van der Waals surface area contributed by atoms with Crippen molar-refractivity contribution in [3.8, 4) is 0 Å². The lowest BCUT2D eigenvalue weighted by molar-refractivity contribution is -0.176. The minimum Gasteiger partial charge on any atom is -0.365 e. The van der Waals surface area contributed by atoms with Gasteiger partial charge in [-0.25, -0.2) is 0 Å². The predicted molar refractivity (Wildman–Crippen MR) is 73.3 cm³/mol. The summed E-state index contributed by atoms with van der Waals surface area (Å²) in [5.41, 5.74) is 0. The van der Waals surface area contributed by atoms with Crippen LogP contribution in [-0.2, 0) is 28.7 Å². The van der Waals surface area contributed by atoms with E-state index in [1.807, 2.05) is 0 Å². The molecule has 4 amide bonds. The highest BCUT2D eigenvalue weighted by Crippen LogP contribution is 2.49. The first-order valence-corrected chi connectivity index (χ1v) is 8.01. The van der Waals surface area contributed by atoms with Crippen LogP contribution in [-0.4, -0.2) is 58.1 Å². The molecule has 8 atom stereocenters. The van der Waals surface area contributed by atoms with Gasteiger partial charge in [-0.05, 0) is 0 Å². The van der Waals surface area contributed by atoms with E-state index in [9.17, 15) is 19.2 Å². The average Bonchev–Trinajstić information content (AvgIpc) is 3.36. The van der Waals surface area contributed by atoms with Crippen LogP contribution < -0.4 is 0 Å². The highest BCUT2D eigenvalue weighted by molar-refractivity contribution is 6.14. The summed E-state index contributed by atoms with van der Waals surface area (Å²) in [5.74, 6) is -4.65. The molecule has 0 aliphatic carbocycles. The number of amides is 4. The molecule has 6 rings (SSSR count). The number of hydrogen-bond acceptors (Lipinski definition) is 6. The summed E-state index contributed by atoms with van der Waals surface area (Å²) in [6.07, 6.45) is 5.26. The van der Waals surface area contributed by atoms with Crippen molar-refractivity contribution >= 4 is 23.6 Å². The highest BCUT2D eigenvalue weighted by atomic mass is 16.5. The Hall–Kier alpha value is -2.32. The number of hydrogen-bond donors (Lipinski definition) is 0. The molecule has 4 saturated heterocycles. The molecule has 0 radical (unpaired) electrons. The first kappa shape index (κ1) is 13.0. The summed E-state index contributed by atoms with van der Waals surface area (Å²) >= 11 is 0. The monoisotopic (exact) mass is 328 g/mol. The molecule has 8 heteroatoms. The van der Waals surface area contributed by atoms with E-state index in [2.05, 4.69) is 0 Å². The molecule has 4 unspecified atom stereocenters. The number of hydrazine groups is 1. The van der Waals surface area contributed by atoms with Gasteiger partial charge in [0.2, 0.25) is 0 Å². The van der Waals surface area contributed by atoms with E-state index in [-0.39, 0.29) is 0 Å². The van der Waals surface area contributed by atoms with Gasteiger partial charge in [0.1, 0.15) is 0 Å². The lowest BCUT2D eigenvalue weighted by Gasteiger charge is -2.26. The van der Waals surface area contributed by atoms with Crippen LogP contribution in [0.15, 0.2) is 24.3 Å². The van der Waals surface area contributed by atoms with E-state index in [0.29, 0.717) is 0 Å². The van der Waals surface area contributed by atoms with Gasteiger partial charge in [-0.2, -0.15) is 10.0 Å². The molecule has 0 aromatic rings. The number of fused-ring (bicyclic) bond motifs is 10. The van der Waals surface area contributed by atoms with E-state index in [4.69, 9.17) is 9.47 Å². The molecule has 24 heavy (non-hydrogen) atoms. The van der Waals surface area contributed by atoms with Crippen molar-refractivity contribution in [3.05, 3.63) is 24.3 Å². The molecular weight excluding hydrogens is 316 g/mol. The van der Waals surface area contributed by atoms with Gasteiger partial charge in [0.05, 0.1) is 48.1 Å². The molecule has 8 nitrogen and oxygen atoms in total. The van der Waals surface area contributed by atoms with Crippen molar-refractivity contribution in [1.82, 2.24) is 10.0 Å². The summed E-state index contributed by atoms with van der Waals surface area (Å²) in [5, 5.41) is 1.54. The first-order chi connectivity index (χ1) is 11.6. The van der Waals surface area contributed by atoms with Crippen LogP contribution in [0.25, 0.3) is 0 Å². The Morgan fingerprint density at radius 1 is 0.542 bits per heavy atom. The molecule has 4 bridgehead atoms. The molecule has 0 N–H and O–H groups in total. The molecule has 0 saturated carbocycles. The summed E-state index contributed by atoms with van der Waals surface area (Å²) < 4.78 is 11.1. The number of carbonyl (C=O) groups is 4. The van der Waals surface area contributed by atoms with Gasteiger partial charge in [0, 0.05) is 0 Å². The summed E-state index contributed by atoms with van der Waals surface area (Å²) in [7, 11) is 0. The van der Waals surface area contributed by atoms with Crippen molar-refractivity contribution in [2.45, 2.75) is 24.4 Å². The standard InChI is InChI=1S/C16H12N2O6/c19-13-9-5-1-2-6(23-5)10(9)14(20)17(13)18-15(21)11-7-3-4-8(24-7)12(11)16(18)22/h1-12H/t5?,6?,7?,8?,9-,10+,11-,12+. The van der Waals surface area contributed by atoms with E-state index in [0.717, 1.165) is 10.0 Å². The van der Waals surface area contributed by atoms with Crippen LogP contribution >= 0.6 is 0 Å². The summed E-state index contributed by atoms with van der Waals surface area (Å²) in [6, 6.07) is 0. The van der Waals surface area contributed by atoms with Crippen molar-refractivity contribution in [2.24, 2.45) is 23.7 Å². The lowest BCUT2D eigenvalue weighted by atomic mass is 9.85. The normalized spacial score (nSPS) is 50.0. The second kappa shape index (κ2) is 3.84. The molecule has 6 aliphatic rings. The Morgan fingerprint density at radius 2 is 0.792 bits per heavy atom. The Morgan fingerprint density at radius 3 is 1.04 bits per heavy atom. The third-order valence-electron chi connectivity index (χ3n) is 5.97. The Kier molecular flexibility index (Phi) is 2.08. The van der Waals surface area contributed by atoms with Gasteiger partial charge in [0.15, 0.2) is 0 Å². The second-order valence-electron chi connectivity index (χ2n) is 6.98.